The van der Waals surface area contributed by atoms with Crippen LogP contribution in [0.4, 0.5) is 5.82 Å². The lowest BCUT2D eigenvalue weighted by Crippen LogP contribution is -2.45. The van der Waals surface area contributed by atoms with E-state index in [9.17, 15) is 4.79 Å². The van der Waals surface area contributed by atoms with Gasteiger partial charge in [0.25, 0.3) is 0 Å². The number of unbranched alkanes of at least 4 members (excludes halogenated alkanes) is 1. The Bertz CT molecular complexity index is 1410. The first-order chi connectivity index (χ1) is 19.5. The number of rotatable bonds is 7. The van der Waals surface area contributed by atoms with Crippen LogP contribution in [0.5, 0.6) is 5.88 Å². The van der Waals surface area contributed by atoms with Crippen molar-refractivity contribution in [3.05, 3.63) is 11.3 Å². The van der Waals surface area contributed by atoms with Gasteiger partial charge in [0, 0.05) is 24.6 Å². The maximum atomic E-state index is 13.1. The van der Waals surface area contributed by atoms with Gasteiger partial charge in [-0.05, 0) is 70.8 Å². The van der Waals surface area contributed by atoms with Crippen LogP contribution in [-0.2, 0) is 11.2 Å². The third-order valence-electron chi connectivity index (χ3n) is 9.62. The highest BCUT2D eigenvalue weighted by Crippen LogP contribution is 2.43. The van der Waals surface area contributed by atoms with Crippen molar-refractivity contribution in [3.63, 3.8) is 0 Å². The molecule has 2 saturated heterocycles. The van der Waals surface area contributed by atoms with Crippen LogP contribution in [0.1, 0.15) is 102 Å². The minimum atomic E-state index is -0.215. The van der Waals surface area contributed by atoms with Gasteiger partial charge in [0.05, 0.1) is 18.0 Å². The number of aromatic nitrogens is 5. The molecule has 10 heteroatoms. The first kappa shape index (κ1) is 25.9. The Morgan fingerprint density at radius 1 is 1.18 bits per heavy atom. The lowest BCUT2D eigenvalue weighted by atomic mass is 9.83. The van der Waals surface area contributed by atoms with Crippen LogP contribution in [0.3, 0.4) is 0 Å². The molecule has 0 radical (unpaired) electrons. The summed E-state index contributed by atoms with van der Waals surface area (Å²) in [6, 6.07) is 0.698. The average molecular weight is 548 g/mol. The van der Waals surface area contributed by atoms with Crippen LogP contribution in [0.2, 0.25) is 0 Å². The number of nitrogens with one attached hydrogen (secondary N) is 1. The largest absolute Gasteiger partial charge is 0.474 e. The summed E-state index contributed by atoms with van der Waals surface area (Å²) in [5.41, 5.74) is 2.46. The molecule has 2 fully saturated rings. The molecular formula is C30H41N7O3. The van der Waals surface area contributed by atoms with E-state index in [4.69, 9.17) is 24.3 Å². The number of ether oxygens (including phenoxy) is 1. The summed E-state index contributed by atoms with van der Waals surface area (Å²) in [5.74, 6) is 3.43. The van der Waals surface area contributed by atoms with Crippen LogP contribution in [0.25, 0.3) is 22.6 Å². The van der Waals surface area contributed by atoms with E-state index in [1.54, 1.807) is 0 Å². The minimum Gasteiger partial charge on any atom is -0.474 e. The SMILES string of the molecule is CCCCC(=O)C1CCCc2c(-c3nc4c5c(nn([C@@H](C)C6CCCN6)c5n3)OC[C@H]3CCC(C)CN43)noc21. The molecule has 3 aromatic heterocycles. The fraction of sp³-hybridized carbons (Fsp3) is 0.700. The highest BCUT2D eigenvalue weighted by Gasteiger charge is 2.38. The quantitative estimate of drug-likeness (QED) is 0.438. The lowest BCUT2D eigenvalue weighted by Gasteiger charge is -2.38. The number of anilines is 1. The smallest absolute Gasteiger partial charge is 0.246 e. The molecule has 1 aliphatic carbocycles. The van der Waals surface area contributed by atoms with E-state index in [2.05, 4.69) is 36.1 Å². The molecule has 7 rings (SSSR count). The van der Waals surface area contributed by atoms with Crippen LogP contribution in [-0.4, -0.2) is 62.5 Å². The standard InChI is InChI=1S/C30H41N7O3/c1-4-5-11-23(38)20-8-6-9-21-25(35-40-26(20)21)27-32-28-24-29(33-27)37(18(3)22-10-7-14-31-22)34-30(24)39-16-19-13-12-17(2)15-36(19)28/h17-20,22,31H,4-16H2,1-3H3/t17?,18-,19+,20?,22?/m0/s1. The Morgan fingerprint density at radius 2 is 2.08 bits per heavy atom. The Kier molecular flexibility index (Phi) is 6.76. The Balaban J connectivity index is 1.37. The average Bonchev–Trinajstić information content (AvgIpc) is 3.71. The van der Waals surface area contributed by atoms with E-state index >= 15 is 0 Å². The normalized spacial score (nSPS) is 26.7. The summed E-state index contributed by atoms with van der Waals surface area (Å²) in [7, 11) is 0. The summed E-state index contributed by atoms with van der Waals surface area (Å²) in [6.07, 6.45) is 9.61. The van der Waals surface area contributed by atoms with Gasteiger partial charge in [-0.3, -0.25) is 4.79 Å². The van der Waals surface area contributed by atoms with Gasteiger partial charge >= 0.3 is 0 Å². The van der Waals surface area contributed by atoms with Crippen LogP contribution in [0, 0.1) is 5.92 Å². The second-order valence-corrected chi connectivity index (χ2v) is 12.5. The maximum Gasteiger partial charge on any atom is 0.246 e. The second-order valence-electron chi connectivity index (χ2n) is 12.5. The molecule has 1 N–H and O–H groups in total. The van der Waals surface area contributed by atoms with E-state index in [-0.39, 0.29) is 23.8 Å². The molecular weight excluding hydrogens is 506 g/mol. The third kappa shape index (κ3) is 4.30. The van der Waals surface area contributed by atoms with Crippen molar-refractivity contribution in [1.82, 2.24) is 30.2 Å². The number of hydrogen-bond donors (Lipinski definition) is 1. The third-order valence-corrected chi connectivity index (χ3v) is 9.62. The summed E-state index contributed by atoms with van der Waals surface area (Å²) < 4.78 is 14.4. The molecule has 0 saturated carbocycles. The predicted molar refractivity (Wildman–Crippen MR) is 152 cm³/mol. The molecule has 0 aromatic carbocycles. The zero-order valence-corrected chi connectivity index (χ0v) is 24.0. The number of piperidine rings is 1. The van der Waals surface area contributed by atoms with E-state index in [1.807, 2.05) is 4.68 Å². The lowest BCUT2D eigenvalue weighted by molar-refractivity contribution is -0.121. The zero-order chi connectivity index (χ0) is 27.4. The molecule has 3 aromatic rings. The molecule has 3 unspecified atom stereocenters. The summed E-state index contributed by atoms with van der Waals surface area (Å²) in [6.45, 7) is 9.19. The zero-order valence-electron chi connectivity index (χ0n) is 24.0. The van der Waals surface area contributed by atoms with E-state index in [0.717, 1.165) is 86.2 Å². The molecule has 0 amide bonds. The Morgan fingerprint density at radius 3 is 2.90 bits per heavy atom. The molecule has 10 nitrogen and oxygen atoms in total. The number of carbonyl (C=O) groups is 1. The monoisotopic (exact) mass is 547 g/mol. The van der Waals surface area contributed by atoms with E-state index in [0.29, 0.717) is 42.4 Å². The van der Waals surface area contributed by atoms with Gasteiger partial charge in [0.2, 0.25) is 5.88 Å². The van der Waals surface area contributed by atoms with Crippen LogP contribution < -0.4 is 15.0 Å². The van der Waals surface area contributed by atoms with Crippen molar-refractivity contribution in [2.24, 2.45) is 5.92 Å². The summed E-state index contributed by atoms with van der Waals surface area (Å²) in [4.78, 5) is 25.8. The van der Waals surface area contributed by atoms with E-state index in [1.165, 1.54) is 12.8 Å². The van der Waals surface area contributed by atoms with Crippen molar-refractivity contribution in [3.8, 4) is 17.4 Å². The predicted octanol–water partition coefficient (Wildman–Crippen LogP) is 4.97. The highest BCUT2D eigenvalue weighted by atomic mass is 16.5. The van der Waals surface area contributed by atoms with Gasteiger partial charge in [-0.2, -0.15) is 0 Å². The van der Waals surface area contributed by atoms with Gasteiger partial charge in [-0.1, -0.05) is 25.4 Å². The number of Topliss-reactive ketones (excluding diaryl/α,β-unsaturated/α-hetero) is 1. The summed E-state index contributed by atoms with van der Waals surface area (Å²) >= 11 is 0. The Labute approximate surface area is 235 Å². The number of fused-ring (bicyclic) bond motifs is 3. The molecule has 40 heavy (non-hydrogen) atoms. The number of hydrogen-bond acceptors (Lipinski definition) is 9. The van der Waals surface area contributed by atoms with Gasteiger partial charge in [-0.25, -0.2) is 14.6 Å². The van der Waals surface area contributed by atoms with E-state index < -0.39 is 0 Å². The summed E-state index contributed by atoms with van der Waals surface area (Å²) in [5, 5.41) is 14.1. The van der Waals surface area contributed by atoms with Crippen LogP contribution >= 0.6 is 0 Å². The van der Waals surface area contributed by atoms with Crippen molar-refractivity contribution >= 4 is 22.6 Å². The van der Waals surface area contributed by atoms with Crippen LogP contribution in [0.15, 0.2) is 4.52 Å². The topological polar surface area (TPSA) is 111 Å². The highest BCUT2D eigenvalue weighted by molar-refractivity contribution is 5.94. The van der Waals surface area contributed by atoms with Crippen molar-refractivity contribution in [2.75, 3.05) is 24.6 Å². The molecule has 4 aliphatic rings. The van der Waals surface area contributed by atoms with Crippen molar-refractivity contribution in [2.45, 2.75) is 109 Å². The van der Waals surface area contributed by atoms with Crippen molar-refractivity contribution < 1.29 is 14.1 Å². The number of nitrogens with zero attached hydrogens (tertiary/aromatic N) is 6. The first-order valence-electron chi connectivity index (χ1n) is 15.5. The number of carbonyl (C=O) groups excluding carboxylic acids is 1. The molecule has 6 heterocycles. The molecule has 5 atom stereocenters. The molecule has 3 aliphatic heterocycles. The van der Waals surface area contributed by atoms with Gasteiger partial charge in [0.15, 0.2) is 22.9 Å². The first-order valence-corrected chi connectivity index (χ1v) is 15.5. The van der Waals surface area contributed by atoms with Gasteiger partial charge in [-0.15, -0.1) is 5.10 Å². The minimum absolute atomic E-state index is 0.111. The van der Waals surface area contributed by atoms with Gasteiger partial charge in [0.1, 0.15) is 23.6 Å². The number of ketones is 1. The fourth-order valence-corrected chi connectivity index (χ4v) is 7.26. The maximum absolute atomic E-state index is 13.1. The van der Waals surface area contributed by atoms with Crippen molar-refractivity contribution in [1.29, 1.82) is 0 Å². The van der Waals surface area contributed by atoms with Gasteiger partial charge < -0.3 is 19.5 Å². The fourth-order valence-electron chi connectivity index (χ4n) is 7.26. The second kappa shape index (κ2) is 10.4. The Hall–Kier alpha value is -3.01. The molecule has 0 spiro atoms. The molecule has 0 bridgehead atoms. The molecule has 214 valence electrons.